The molecule has 1 rings (SSSR count). The van der Waals surface area contributed by atoms with E-state index in [9.17, 15) is 9.59 Å². The van der Waals surface area contributed by atoms with Gasteiger partial charge in [0.15, 0.2) is 0 Å². The molecule has 17 heavy (non-hydrogen) atoms. The number of thiazole rings is 1. The van der Waals surface area contributed by atoms with Crippen LogP contribution in [0, 0.1) is 6.92 Å². The van der Waals surface area contributed by atoms with E-state index in [1.54, 1.807) is 14.0 Å². The molecule has 0 aliphatic rings. The summed E-state index contributed by atoms with van der Waals surface area (Å²) in [5, 5.41) is 15.0. The minimum absolute atomic E-state index is 0.0840. The van der Waals surface area contributed by atoms with Crippen LogP contribution in [0.2, 0.25) is 0 Å². The van der Waals surface area contributed by atoms with Crippen molar-refractivity contribution in [2.45, 2.75) is 13.3 Å². The third-order valence-electron chi connectivity index (χ3n) is 2.03. The van der Waals surface area contributed by atoms with Gasteiger partial charge in [-0.1, -0.05) is 0 Å². The van der Waals surface area contributed by atoms with Gasteiger partial charge in [0, 0.05) is 13.0 Å². The van der Waals surface area contributed by atoms with E-state index in [0.717, 1.165) is 16.3 Å². The number of aromatic nitrogens is 1. The van der Waals surface area contributed by atoms with E-state index in [2.05, 4.69) is 15.6 Å². The van der Waals surface area contributed by atoms with Crippen LogP contribution in [0.5, 0.6) is 0 Å². The number of nitrogens with zero attached hydrogens (tertiary/aromatic N) is 1. The number of hydrogen-bond acceptors (Lipinski definition) is 5. The van der Waals surface area contributed by atoms with Crippen LogP contribution in [0.4, 0.5) is 0 Å². The minimum atomic E-state index is -0.953. The maximum absolute atomic E-state index is 11.1. The van der Waals surface area contributed by atoms with Crippen molar-refractivity contribution in [2.75, 3.05) is 20.1 Å². The summed E-state index contributed by atoms with van der Waals surface area (Å²) >= 11 is 1.16. The molecule has 0 bridgehead atoms. The first-order chi connectivity index (χ1) is 8.04. The van der Waals surface area contributed by atoms with Crippen molar-refractivity contribution in [3.05, 3.63) is 15.6 Å². The SMILES string of the molecule is CNCC(=O)NCCc1nc(C)c(C(=O)O)s1. The van der Waals surface area contributed by atoms with Crippen LogP contribution in [0.3, 0.4) is 0 Å². The summed E-state index contributed by atoms with van der Waals surface area (Å²) < 4.78 is 0. The van der Waals surface area contributed by atoms with E-state index in [4.69, 9.17) is 5.11 Å². The molecule has 0 fully saturated rings. The molecule has 0 atom stereocenters. The number of rotatable bonds is 6. The van der Waals surface area contributed by atoms with Crippen LogP contribution in [-0.4, -0.2) is 42.1 Å². The van der Waals surface area contributed by atoms with Crippen LogP contribution in [0.15, 0.2) is 0 Å². The van der Waals surface area contributed by atoms with Gasteiger partial charge in [0.1, 0.15) is 4.88 Å². The average Bonchev–Trinajstić information content (AvgIpc) is 2.60. The van der Waals surface area contributed by atoms with E-state index >= 15 is 0 Å². The van der Waals surface area contributed by atoms with Crippen molar-refractivity contribution in [2.24, 2.45) is 0 Å². The van der Waals surface area contributed by atoms with Crippen molar-refractivity contribution in [1.29, 1.82) is 0 Å². The Morgan fingerprint density at radius 3 is 2.71 bits per heavy atom. The first-order valence-corrected chi connectivity index (χ1v) is 5.97. The Morgan fingerprint density at radius 2 is 2.18 bits per heavy atom. The van der Waals surface area contributed by atoms with Crippen LogP contribution in [0.25, 0.3) is 0 Å². The molecule has 3 N–H and O–H groups in total. The quantitative estimate of drug-likeness (QED) is 0.668. The standard InChI is InChI=1S/C10H15N3O3S/c1-6-9(10(15)16)17-8(13-6)3-4-12-7(14)5-11-2/h11H,3-5H2,1-2H3,(H,12,14)(H,15,16). The van der Waals surface area contributed by atoms with E-state index in [0.29, 0.717) is 18.7 Å². The molecule has 0 radical (unpaired) electrons. The molecule has 0 spiro atoms. The first kappa shape index (κ1) is 13.6. The van der Waals surface area contributed by atoms with Gasteiger partial charge in [-0.25, -0.2) is 9.78 Å². The highest BCUT2D eigenvalue weighted by molar-refractivity contribution is 7.13. The predicted octanol–water partition coefficient (Wildman–Crippen LogP) is 0.0278. The van der Waals surface area contributed by atoms with Gasteiger partial charge in [0.05, 0.1) is 17.2 Å². The molecule has 1 aromatic heterocycles. The lowest BCUT2D eigenvalue weighted by Crippen LogP contribution is -2.33. The molecule has 0 aliphatic carbocycles. The summed E-state index contributed by atoms with van der Waals surface area (Å²) in [6.45, 7) is 2.41. The third kappa shape index (κ3) is 4.12. The topological polar surface area (TPSA) is 91.3 Å². The fraction of sp³-hybridized carbons (Fsp3) is 0.500. The number of hydrogen-bond donors (Lipinski definition) is 3. The fourth-order valence-corrected chi connectivity index (χ4v) is 2.19. The van der Waals surface area contributed by atoms with E-state index in [1.807, 2.05) is 0 Å². The molecule has 0 aliphatic heterocycles. The summed E-state index contributed by atoms with van der Waals surface area (Å²) in [5.74, 6) is -1.04. The van der Waals surface area contributed by atoms with Crippen molar-refractivity contribution in [3.8, 4) is 0 Å². The van der Waals surface area contributed by atoms with Gasteiger partial charge in [-0.3, -0.25) is 4.79 Å². The van der Waals surface area contributed by atoms with Crippen molar-refractivity contribution < 1.29 is 14.7 Å². The lowest BCUT2D eigenvalue weighted by atomic mass is 10.4. The summed E-state index contributed by atoms with van der Waals surface area (Å²) in [5.41, 5.74) is 0.527. The average molecular weight is 257 g/mol. The molecule has 1 aromatic rings. The molecule has 0 saturated heterocycles. The van der Waals surface area contributed by atoms with Crippen molar-refractivity contribution in [3.63, 3.8) is 0 Å². The van der Waals surface area contributed by atoms with E-state index in [-0.39, 0.29) is 17.3 Å². The van der Waals surface area contributed by atoms with Crippen molar-refractivity contribution >= 4 is 23.2 Å². The normalized spacial score (nSPS) is 10.2. The van der Waals surface area contributed by atoms with Gasteiger partial charge in [-0.05, 0) is 14.0 Å². The number of nitrogens with one attached hydrogen (secondary N) is 2. The third-order valence-corrected chi connectivity index (χ3v) is 3.24. The number of carboxylic acids is 1. The second-order valence-corrected chi connectivity index (χ2v) is 4.54. The molecule has 6 nitrogen and oxygen atoms in total. The minimum Gasteiger partial charge on any atom is -0.477 e. The summed E-state index contributed by atoms with van der Waals surface area (Å²) in [6.07, 6.45) is 0.550. The smallest absolute Gasteiger partial charge is 0.347 e. The Labute approximate surface area is 103 Å². The molecule has 1 heterocycles. The van der Waals surface area contributed by atoms with Crippen LogP contribution in [-0.2, 0) is 11.2 Å². The molecule has 0 unspecified atom stereocenters. The van der Waals surface area contributed by atoms with E-state index in [1.165, 1.54) is 0 Å². The molecule has 7 heteroatoms. The van der Waals surface area contributed by atoms with E-state index < -0.39 is 5.97 Å². The Hall–Kier alpha value is -1.47. The van der Waals surface area contributed by atoms with Crippen LogP contribution < -0.4 is 10.6 Å². The second kappa shape index (κ2) is 6.31. The lowest BCUT2D eigenvalue weighted by Gasteiger charge is -2.02. The molecule has 1 amide bonds. The summed E-state index contributed by atoms with van der Waals surface area (Å²) in [4.78, 5) is 26.3. The Kier molecular flexibility index (Phi) is 5.05. The zero-order valence-corrected chi connectivity index (χ0v) is 10.6. The monoisotopic (exact) mass is 257 g/mol. The van der Waals surface area contributed by atoms with Gasteiger partial charge in [0.2, 0.25) is 5.91 Å². The lowest BCUT2D eigenvalue weighted by molar-refractivity contribution is -0.120. The van der Waals surface area contributed by atoms with Crippen molar-refractivity contribution in [1.82, 2.24) is 15.6 Å². The molecule has 0 aromatic carbocycles. The number of aryl methyl sites for hydroxylation is 1. The van der Waals surface area contributed by atoms with Gasteiger partial charge < -0.3 is 15.7 Å². The zero-order chi connectivity index (χ0) is 12.8. The Balaban J connectivity index is 2.45. The maximum Gasteiger partial charge on any atom is 0.347 e. The maximum atomic E-state index is 11.1. The molecule has 0 saturated carbocycles. The molecular formula is C10H15N3O3S. The highest BCUT2D eigenvalue weighted by Gasteiger charge is 2.13. The first-order valence-electron chi connectivity index (χ1n) is 5.15. The Morgan fingerprint density at radius 1 is 1.47 bits per heavy atom. The number of carbonyl (C=O) groups excluding carboxylic acids is 1. The number of aromatic carboxylic acids is 1. The van der Waals surface area contributed by atoms with Gasteiger partial charge >= 0.3 is 5.97 Å². The predicted molar refractivity (Wildman–Crippen MR) is 64.5 cm³/mol. The summed E-state index contributed by atoms with van der Waals surface area (Å²) in [6, 6.07) is 0. The van der Waals surface area contributed by atoms with Gasteiger partial charge in [-0.15, -0.1) is 11.3 Å². The summed E-state index contributed by atoms with van der Waals surface area (Å²) in [7, 11) is 1.70. The number of amides is 1. The van der Waals surface area contributed by atoms with Crippen LogP contribution in [0.1, 0.15) is 20.4 Å². The van der Waals surface area contributed by atoms with Gasteiger partial charge in [0.25, 0.3) is 0 Å². The largest absolute Gasteiger partial charge is 0.477 e. The fourth-order valence-electron chi connectivity index (χ4n) is 1.29. The number of carbonyl (C=O) groups is 2. The Bertz CT molecular complexity index is 417. The molecular weight excluding hydrogens is 242 g/mol. The second-order valence-electron chi connectivity index (χ2n) is 3.46. The van der Waals surface area contributed by atoms with Crippen LogP contribution >= 0.6 is 11.3 Å². The number of likely N-dealkylation sites (N-methyl/N-ethyl adjacent to an activating group) is 1. The highest BCUT2D eigenvalue weighted by Crippen LogP contribution is 2.17. The van der Waals surface area contributed by atoms with Gasteiger partial charge in [-0.2, -0.15) is 0 Å². The number of carboxylic acid groups (broad SMARTS) is 1. The zero-order valence-electron chi connectivity index (χ0n) is 9.74. The molecule has 94 valence electrons. The highest BCUT2D eigenvalue weighted by atomic mass is 32.1.